The van der Waals surface area contributed by atoms with Crippen molar-refractivity contribution in [2.75, 3.05) is 27.2 Å². The Kier molecular flexibility index (Phi) is 3.05. The number of nitrogens with zero attached hydrogens (tertiary/aromatic N) is 1. The number of aromatic amines is 1. The lowest BCUT2D eigenvalue weighted by Crippen LogP contribution is -2.43. The van der Waals surface area contributed by atoms with E-state index in [4.69, 9.17) is 4.74 Å². The van der Waals surface area contributed by atoms with E-state index in [0.717, 1.165) is 34.9 Å². The van der Waals surface area contributed by atoms with Gasteiger partial charge < -0.3 is 14.2 Å². The van der Waals surface area contributed by atoms with Crippen LogP contribution in [0.5, 0.6) is 0 Å². The summed E-state index contributed by atoms with van der Waals surface area (Å²) in [5.74, 6) is -0.242. The van der Waals surface area contributed by atoms with Gasteiger partial charge in [-0.05, 0) is 25.1 Å². The lowest BCUT2D eigenvalue weighted by Gasteiger charge is -2.33. The summed E-state index contributed by atoms with van der Waals surface area (Å²) in [6.45, 7) is 4.38. The van der Waals surface area contributed by atoms with Crippen LogP contribution in [0.3, 0.4) is 0 Å². The van der Waals surface area contributed by atoms with Crippen LogP contribution in [0.2, 0.25) is 0 Å². The fourth-order valence-corrected chi connectivity index (χ4v) is 2.96. The third kappa shape index (κ3) is 2.20. The number of rotatable bonds is 2. The summed E-state index contributed by atoms with van der Waals surface area (Å²) in [5.41, 5.74) is 4.42. The van der Waals surface area contributed by atoms with E-state index in [9.17, 15) is 4.79 Å². The number of carbonyl (C=O) groups is 1. The molecule has 0 spiro atoms. The zero-order valence-corrected chi connectivity index (χ0v) is 12.3. The third-order valence-electron chi connectivity index (χ3n) is 4.06. The molecule has 0 unspecified atom stereocenters. The van der Waals surface area contributed by atoms with Gasteiger partial charge in [0.15, 0.2) is 0 Å². The van der Waals surface area contributed by atoms with Gasteiger partial charge in [-0.1, -0.05) is 0 Å². The summed E-state index contributed by atoms with van der Waals surface area (Å²) in [6, 6.07) is 5.79. The van der Waals surface area contributed by atoms with Crippen LogP contribution in [0.25, 0.3) is 10.9 Å². The van der Waals surface area contributed by atoms with Gasteiger partial charge in [0.1, 0.15) is 6.54 Å². The number of quaternary nitrogens is 1. The average Bonchev–Trinajstić information content (AvgIpc) is 2.75. The van der Waals surface area contributed by atoms with Crippen molar-refractivity contribution >= 4 is 16.9 Å². The molecule has 0 aliphatic carbocycles. The Bertz CT molecular complexity index is 670. The molecule has 0 fully saturated rings. The lowest BCUT2D eigenvalue weighted by atomic mass is 10.0. The molecule has 1 aliphatic heterocycles. The van der Waals surface area contributed by atoms with Crippen molar-refractivity contribution < 1.29 is 14.0 Å². The monoisotopic (exact) mass is 273 g/mol. The van der Waals surface area contributed by atoms with Crippen LogP contribution in [0.1, 0.15) is 28.5 Å². The molecule has 20 heavy (non-hydrogen) atoms. The van der Waals surface area contributed by atoms with Crippen molar-refractivity contribution in [3.8, 4) is 0 Å². The molecule has 0 atom stereocenters. The Labute approximate surface area is 118 Å². The highest BCUT2D eigenvalue weighted by Crippen LogP contribution is 2.30. The molecule has 106 valence electrons. The Balaban J connectivity index is 2.07. The first kappa shape index (κ1) is 13.2. The summed E-state index contributed by atoms with van der Waals surface area (Å²) in [7, 11) is 4.49. The van der Waals surface area contributed by atoms with Gasteiger partial charge in [-0.15, -0.1) is 0 Å². The van der Waals surface area contributed by atoms with Crippen molar-refractivity contribution in [1.29, 1.82) is 0 Å². The Morgan fingerprint density at radius 1 is 1.40 bits per heavy atom. The number of H-pyrrole nitrogens is 1. The Hall–Kier alpha value is -1.81. The summed E-state index contributed by atoms with van der Waals surface area (Å²) < 4.78 is 6.08. The van der Waals surface area contributed by atoms with Crippen molar-refractivity contribution in [3.63, 3.8) is 0 Å². The highest BCUT2D eigenvalue weighted by molar-refractivity contribution is 5.96. The quantitative estimate of drug-likeness (QED) is 0.674. The number of fused-ring (bicyclic) bond motifs is 3. The molecule has 0 amide bonds. The number of benzene rings is 1. The molecule has 1 N–H and O–H groups in total. The molecule has 0 bridgehead atoms. The topological polar surface area (TPSA) is 42.1 Å². The molecule has 2 heterocycles. The first-order chi connectivity index (χ1) is 9.50. The van der Waals surface area contributed by atoms with E-state index < -0.39 is 0 Å². The van der Waals surface area contributed by atoms with E-state index >= 15 is 0 Å². The van der Waals surface area contributed by atoms with E-state index in [-0.39, 0.29) is 5.97 Å². The predicted octanol–water partition coefficient (Wildman–Crippen LogP) is 2.48. The largest absolute Gasteiger partial charge is 0.462 e. The average molecular weight is 273 g/mol. The molecule has 0 saturated heterocycles. The summed E-state index contributed by atoms with van der Waals surface area (Å²) in [6.07, 6.45) is 1.06. The number of nitrogens with one attached hydrogen (secondary N) is 1. The van der Waals surface area contributed by atoms with Gasteiger partial charge in [-0.3, -0.25) is 0 Å². The van der Waals surface area contributed by atoms with E-state index in [0.29, 0.717) is 12.2 Å². The first-order valence-electron chi connectivity index (χ1n) is 7.13. The van der Waals surface area contributed by atoms with Crippen molar-refractivity contribution in [2.24, 2.45) is 0 Å². The molecule has 2 aromatic rings. The summed E-state index contributed by atoms with van der Waals surface area (Å²) in [4.78, 5) is 15.4. The standard InChI is InChI=1S/C16H20N2O2/c1-4-20-16(19)11-5-6-14-12(9-11)13-10-18(2,3)8-7-15(13)17-14/h5-6,9H,4,7-8,10H2,1-3H3/p+1. The molecule has 4 heteroatoms. The number of aromatic nitrogens is 1. The maximum Gasteiger partial charge on any atom is 0.338 e. The number of carbonyl (C=O) groups excluding carboxylic acids is 1. The van der Waals surface area contributed by atoms with Crippen molar-refractivity contribution in [3.05, 3.63) is 35.0 Å². The van der Waals surface area contributed by atoms with Gasteiger partial charge in [-0.2, -0.15) is 0 Å². The zero-order chi connectivity index (χ0) is 14.3. The molecule has 0 radical (unpaired) electrons. The minimum Gasteiger partial charge on any atom is -0.462 e. The van der Waals surface area contributed by atoms with Crippen LogP contribution in [-0.4, -0.2) is 42.7 Å². The van der Waals surface area contributed by atoms with Crippen molar-refractivity contribution in [2.45, 2.75) is 19.9 Å². The molecule has 3 rings (SSSR count). The first-order valence-corrected chi connectivity index (χ1v) is 7.13. The van der Waals surface area contributed by atoms with Gasteiger partial charge >= 0.3 is 5.97 Å². The van der Waals surface area contributed by atoms with E-state index in [2.05, 4.69) is 19.1 Å². The third-order valence-corrected chi connectivity index (χ3v) is 4.06. The smallest absolute Gasteiger partial charge is 0.338 e. The van der Waals surface area contributed by atoms with Gasteiger partial charge in [0.2, 0.25) is 0 Å². The molecule has 4 nitrogen and oxygen atoms in total. The number of hydrogen-bond acceptors (Lipinski definition) is 2. The van der Waals surface area contributed by atoms with Crippen molar-refractivity contribution in [1.82, 2.24) is 4.98 Å². The minimum atomic E-state index is -0.242. The van der Waals surface area contributed by atoms with E-state index in [1.807, 2.05) is 25.1 Å². The molecule has 1 aliphatic rings. The number of hydrogen-bond donors (Lipinski definition) is 1. The molecule has 0 saturated carbocycles. The summed E-state index contributed by atoms with van der Waals surface area (Å²) in [5, 5.41) is 1.16. The van der Waals surface area contributed by atoms with Gasteiger partial charge in [0, 0.05) is 28.6 Å². The van der Waals surface area contributed by atoms with Crippen LogP contribution >= 0.6 is 0 Å². The number of esters is 1. The van der Waals surface area contributed by atoms with Gasteiger partial charge in [0.25, 0.3) is 0 Å². The van der Waals surface area contributed by atoms with Crippen LogP contribution < -0.4 is 0 Å². The second-order valence-electron chi connectivity index (χ2n) is 6.13. The second kappa shape index (κ2) is 4.63. The normalized spacial score (nSPS) is 16.9. The predicted molar refractivity (Wildman–Crippen MR) is 78.6 cm³/mol. The minimum absolute atomic E-state index is 0.242. The fourth-order valence-electron chi connectivity index (χ4n) is 2.96. The lowest BCUT2D eigenvalue weighted by molar-refractivity contribution is -0.905. The molecular weight excluding hydrogens is 252 g/mol. The Morgan fingerprint density at radius 2 is 2.20 bits per heavy atom. The highest BCUT2D eigenvalue weighted by atomic mass is 16.5. The van der Waals surface area contributed by atoms with Crippen LogP contribution in [0.15, 0.2) is 18.2 Å². The van der Waals surface area contributed by atoms with Gasteiger partial charge in [-0.25, -0.2) is 4.79 Å². The van der Waals surface area contributed by atoms with Gasteiger partial charge in [0.05, 0.1) is 32.8 Å². The maximum atomic E-state index is 11.9. The SMILES string of the molecule is CCOC(=O)c1ccc2[nH]c3c(c2c1)C[N+](C)(C)CC3. The fraction of sp³-hybridized carbons (Fsp3) is 0.438. The zero-order valence-electron chi connectivity index (χ0n) is 12.3. The number of likely N-dealkylation sites (N-methyl/N-ethyl adjacent to an activating group) is 1. The molecular formula is C16H21N2O2+. The van der Waals surface area contributed by atoms with E-state index in [1.165, 1.54) is 11.3 Å². The van der Waals surface area contributed by atoms with Crippen LogP contribution in [-0.2, 0) is 17.7 Å². The molecule has 1 aromatic heterocycles. The maximum absolute atomic E-state index is 11.9. The van der Waals surface area contributed by atoms with E-state index in [1.54, 1.807) is 0 Å². The second-order valence-corrected chi connectivity index (χ2v) is 6.13. The number of ether oxygens (including phenoxy) is 1. The van der Waals surface area contributed by atoms with Crippen LogP contribution in [0.4, 0.5) is 0 Å². The summed E-state index contributed by atoms with van der Waals surface area (Å²) >= 11 is 0. The highest BCUT2D eigenvalue weighted by Gasteiger charge is 2.27. The Morgan fingerprint density at radius 3 is 2.95 bits per heavy atom. The van der Waals surface area contributed by atoms with Crippen LogP contribution in [0, 0.1) is 0 Å². The molecule has 1 aromatic carbocycles.